The number of benzene rings is 2. The number of hydrogen-bond donors (Lipinski definition) is 1. The van der Waals surface area contributed by atoms with Crippen LogP contribution >= 0.6 is 22.9 Å². The lowest BCUT2D eigenvalue weighted by Gasteiger charge is -2.15. The highest BCUT2D eigenvalue weighted by molar-refractivity contribution is 7.16. The molecule has 0 unspecified atom stereocenters. The minimum atomic E-state index is -0.686. The molecule has 0 fully saturated rings. The zero-order valence-corrected chi connectivity index (χ0v) is 14.6. The number of nitrogens with zero attached hydrogens (tertiary/aromatic N) is 1. The fraction of sp³-hybridized carbons (Fsp3) is 0.176. The van der Waals surface area contributed by atoms with Crippen molar-refractivity contribution in [3.8, 4) is 5.75 Å². The lowest BCUT2D eigenvalue weighted by atomic mass is 10.2. The molecule has 0 spiro atoms. The van der Waals surface area contributed by atoms with Crippen molar-refractivity contribution in [2.45, 2.75) is 13.0 Å². The Morgan fingerprint density at radius 1 is 1.29 bits per heavy atom. The molecular weight excluding hydrogens is 348 g/mol. The first-order chi connectivity index (χ1) is 11.4. The van der Waals surface area contributed by atoms with Crippen LogP contribution in [-0.4, -0.2) is 16.6 Å². The molecule has 0 saturated heterocycles. The highest BCUT2D eigenvalue weighted by Gasteiger charge is 2.15. The predicted molar refractivity (Wildman–Crippen MR) is 97.2 cm³/mol. The maximum absolute atomic E-state index is 12.3. The van der Waals surface area contributed by atoms with E-state index in [1.165, 1.54) is 0 Å². The van der Waals surface area contributed by atoms with Gasteiger partial charge in [-0.15, -0.1) is 0 Å². The average molecular weight is 363 g/mol. The number of ether oxygens (including phenoxy) is 1. The van der Waals surface area contributed by atoms with Crippen molar-refractivity contribution >= 4 is 44.7 Å². The van der Waals surface area contributed by atoms with Gasteiger partial charge in [0.2, 0.25) is 0 Å². The third kappa shape index (κ3) is 3.44. The topological polar surface area (TPSA) is 60.3 Å². The van der Waals surface area contributed by atoms with Crippen molar-refractivity contribution in [1.29, 1.82) is 0 Å². The van der Waals surface area contributed by atoms with Gasteiger partial charge >= 0.3 is 4.87 Å². The van der Waals surface area contributed by atoms with Crippen LogP contribution in [-0.2, 0) is 11.8 Å². The summed E-state index contributed by atoms with van der Waals surface area (Å²) < 4.78 is 7.99. The second kappa shape index (κ2) is 6.67. The largest absolute Gasteiger partial charge is 0.481 e. The second-order valence-corrected chi connectivity index (χ2v) is 6.75. The second-order valence-electron chi connectivity index (χ2n) is 5.32. The molecule has 5 nitrogen and oxygen atoms in total. The highest BCUT2D eigenvalue weighted by Crippen LogP contribution is 2.22. The number of aromatic nitrogens is 1. The number of hydrogen-bond acceptors (Lipinski definition) is 4. The van der Waals surface area contributed by atoms with Crippen LogP contribution in [0.1, 0.15) is 6.92 Å². The van der Waals surface area contributed by atoms with Gasteiger partial charge in [0.25, 0.3) is 5.91 Å². The first-order valence-electron chi connectivity index (χ1n) is 7.27. The molecule has 0 saturated carbocycles. The lowest BCUT2D eigenvalue weighted by Crippen LogP contribution is -2.30. The van der Waals surface area contributed by atoms with Crippen molar-refractivity contribution in [3.05, 3.63) is 57.2 Å². The number of rotatable bonds is 4. The van der Waals surface area contributed by atoms with Crippen LogP contribution in [0.4, 0.5) is 5.69 Å². The zero-order valence-electron chi connectivity index (χ0n) is 13.1. The standard InChI is InChI=1S/C17H15ClN2O3S/c1-10(23-13-5-3-4-11(18)8-13)16(21)19-12-6-7-14-15(9-12)24-17(22)20(14)2/h3-10H,1-2H3,(H,19,21)/t10-/m1/s1. The summed E-state index contributed by atoms with van der Waals surface area (Å²) in [5.41, 5.74) is 1.46. The number of amides is 1. The summed E-state index contributed by atoms with van der Waals surface area (Å²) in [6.45, 7) is 1.66. The third-order valence-corrected chi connectivity index (χ3v) is 4.77. The van der Waals surface area contributed by atoms with E-state index in [4.69, 9.17) is 16.3 Å². The van der Waals surface area contributed by atoms with Crippen LogP contribution in [0.3, 0.4) is 0 Å². The first kappa shape index (κ1) is 16.5. The summed E-state index contributed by atoms with van der Waals surface area (Å²) in [4.78, 5) is 23.9. The summed E-state index contributed by atoms with van der Waals surface area (Å²) >= 11 is 7.04. The molecule has 2 aromatic carbocycles. The van der Waals surface area contributed by atoms with Crippen molar-refractivity contribution in [3.63, 3.8) is 0 Å². The number of thiazole rings is 1. The van der Waals surface area contributed by atoms with E-state index in [0.717, 1.165) is 21.6 Å². The number of carbonyl (C=O) groups is 1. The number of aryl methyl sites for hydroxylation is 1. The molecule has 24 heavy (non-hydrogen) atoms. The fourth-order valence-electron chi connectivity index (χ4n) is 2.25. The van der Waals surface area contributed by atoms with E-state index in [2.05, 4.69) is 5.32 Å². The van der Waals surface area contributed by atoms with E-state index in [1.807, 2.05) is 6.07 Å². The van der Waals surface area contributed by atoms with E-state index < -0.39 is 6.10 Å². The van der Waals surface area contributed by atoms with Crippen LogP contribution in [0.25, 0.3) is 10.2 Å². The molecule has 7 heteroatoms. The summed E-state index contributed by atoms with van der Waals surface area (Å²) in [6, 6.07) is 12.2. The summed E-state index contributed by atoms with van der Waals surface area (Å²) in [5.74, 6) is 0.250. The molecule has 3 aromatic rings. The first-order valence-corrected chi connectivity index (χ1v) is 8.46. The summed E-state index contributed by atoms with van der Waals surface area (Å²) in [6.07, 6.45) is -0.686. The maximum atomic E-state index is 12.3. The van der Waals surface area contributed by atoms with Crippen molar-refractivity contribution < 1.29 is 9.53 Å². The van der Waals surface area contributed by atoms with Gasteiger partial charge in [-0.25, -0.2) is 0 Å². The molecular formula is C17H15ClN2O3S. The summed E-state index contributed by atoms with van der Waals surface area (Å²) in [7, 11) is 1.72. The Hall–Kier alpha value is -2.31. The Morgan fingerprint density at radius 3 is 2.83 bits per heavy atom. The Labute approximate surface area is 147 Å². The van der Waals surface area contributed by atoms with Crippen molar-refractivity contribution in [2.75, 3.05) is 5.32 Å². The Bertz CT molecular complexity index is 964. The number of anilines is 1. The lowest BCUT2D eigenvalue weighted by molar-refractivity contribution is -0.122. The fourth-order valence-corrected chi connectivity index (χ4v) is 3.35. The maximum Gasteiger partial charge on any atom is 0.307 e. The summed E-state index contributed by atoms with van der Waals surface area (Å²) in [5, 5.41) is 3.34. The normalized spacial score (nSPS) is 12.1. The van der Waals surface area contributed by atoms with Gasteiger partial charge in [-0.05, 0) is 43.3 Å². The van der Waals surface area contributed by atoms with E-state index in [1.54, 1.807) is 54.9 Å². The SMILES string of the molecule is C[C@@H](Oc1cccc(Cl)c1)C(=O)Nc1ccc2c(c1)sc(=O)n2C. The van der Waals surface area contributed by atoms with Crippen LogP contribution in [0.2, 0.25) is 5.02 Å². The molecule has 3 rings (SSSR count). The minimum absolute atomic E-state index is 0.0360. The molecule has 0 radical (unpaired) electrons. The number of carbonyl (C=O) groups excluding carboxylic acids is 1. The molecule has 0 aliphatic heterocycles. The van der Waals surface area contributed by atoms with Gasteiger partial charge in [-0.2, -0.15) is 0 Å². The molecule has 1 aromatic heterocycles. The molecule has 0 aliphatic rings. The average Bonchev–Trinajstić information content (AvgIpc) is 2.81. The molecule has 1 N–H and O–H groups in total. The molecule has 1 atom stereocenters. The van der Waals surface area contributed by atoms with Gasteiger partial charge in [0.05, 0.1) is 10.2 Å². The molecule has 0 bridgehead atoms. The van der Waals surface area contributed by atoms with E-state index in [-0.39, 0.29) is 10.8 Å². The van der Waals surface area contributed by atoms with Crippen molar-refractivity contribution in [2.24, 2.45) is 7.05 Å². The Morgan fingerprint density at radius 2 is 2.08 bits per heavy atom. The quantitative estimate of drug-likeness (QED) is 0.770. The van der Waals surface area contributed by atoms with Gasteiger partial charge in [-0.1, -0.05) is 29.0 Å². The Kier molecular flexibility index (Phi) is 4.59. The number of fused-ring (bicyclic) bond motifs is 1. The van der Waals surface area contributed by atoms with Gasteiger partial charge in [0.15, 0.2) is 6.10 Å². The van der Waals surface area contributed by atoms with E-state index >= 15 is 0 Å². The molecule has 0 aliphatic carbocycles. The molecule has 1 heterocycles. The van der Waals surface area contributed by atoms with Gasteiger partial charge in [0.1, 0.15) is 5.75 Å². The zero-order chi connectivity index (χ0) is 17.3. The molecule has 1 amide bonds. The monoisotopic (exact) mass is 362 g/mol. The smallest absolute Gasteiger partial charge is 0.307 e. The van der Waals surface area contributed by atoms with Gasteiger partial charge in [0, 0.05) is 17.8 Å². The highest BCUT2D eigenvalue weighted by atomic mass is 35.5. The van der Waals surface area contributed by atoms with Gasteiger partial charge < -0.3 is 14.6 Å². The van der Waals surface area contributed by atoms with Crippen LogP contribution < -0.4 is 14.9 Å². The van der Waals surface area contributed by atoms with Gasteiger partial charge in [-0.3, -0.25) is 9.59 Å². The van der Waals surface area contributed by atoms with Crippen LogP contribution in [0.5, 0.6) is 5.75 Å². The van der Waals surface area contributed by atoms with E-state index in [9.17, 15) is 9.59 Å². The minimum Gasteiger partial charge on any atom is -0.481 e. The number of halogens is 1. The predicted octanol–water partition coefficient (Wildman–Crippen LogP) is 3.66. The number of nitrogens with one attached hydrogen (secondary N) is 1. The van der Waals surface area contributed by atoms with Crippen LogP contribution in [0.15, 0.2) is 47.3 Å². The third-order valence-electron chi connectivity index (χ3n) is 3.54. The van der Waals surface area contributed by atoms with Crippen molar-refractivity contribution in [1.82, 2.24) is 4.57 Å². The molecule has 124 valence electrons. The van der Waals surface area contributed by atoms with Crippen LogP contribution in [0, 0.1) is 0 Å². The Balaban J connectivity index is 1.73. The van der Waals surface area contributed by atoms with E-state index in [0.29, 0.717) is 16.5 Å².